The zero-order chi connectivity index (χ0) is 16.8. The standard InChI is InChI=1S/C16H25N3O3S/c1-16(8-11-17-12-9-16)13-18-15(20)7-10-19-23(21,22)14-5-3-2-4-6-14/h2-6,17,19H,7-13H2,1H3,(H,18,20). The van der Waals surface area contributed by atoms with Gasteiger partial charge in [-0.3, -0.25) is 4.79 Å². The van der Waals surface area contributed by atoms with Crippen molar-refractivity contribution in [3.05, 3.63) is 30.3 Å². The SMILES string of the molecule is CC1(CNC(=O)CCNS(=O)(=O)c2ccccc2)CCNCC1. The van der Waals surface area contributed by atoms with Crippen LogP contribution in [0.1, 0.15) is 26.2 Å². The quantitative estimate of drug-likeness (QED) is 0.688. The van der Waals surface area contributed by atoms with Gasteiger partial charge in [-0.2, -0.15) is 0 Å². The number of benzene rings is 1. The largest absolute Gasteiger partial charge is 0.356 e. The smallest absolute Gasteiger partial charge is 0.240 e. The minimum atomic E-state index is -3.54. The molecule has 7 heteroatoms. The van der Waals surface area contributed by atoms with Gasteiger partial charge >= 0.3 is 0 Å². The zero-order valence-corrected chi connectivity index (χ0v) is 14.3. The second-order valence-corrected chi connectivity index (χ2v) is 8.07. The van der Waals surface area contributed by atoms with Gasteiger partial charge < -0.3 is 10.6 Å². The minimum absolute atomic E-state index is 0.0985. The molecule has 0 aromatic heterocycles. The van der Waals surface area contributed by atoms with E-state index < -0.39 is 10.0 Å². The Balaban J connectivity index is 1.72. The normalized spacial score (nSPS) is 17.6. The molecule has 128 valence electrons. The molecule has 0 saturated carbocycles. The number of piperidine rings is 1. The van der Waals surface area contributed by atoms with Gasteiger partial charge in [0.25, 0.3) is 0 Å². The van der Waals surface area contributed by atoms with Crippen molar-refractivity contribution in [2.75, 3.05) is 26.2 Å². The summed E-state index contributed by atoms with van der Waals surface area (Å²) in [6.07, 6.45) is 2.21. The second-order valence-electron chi connectivity index (χ2n) is 6.30. The Kier molecular flexibility index (Phi) is 6.15. The monoisotopic (exact) mass is 339 g/mol. The highest BCUT2D eigenvalue weighted by atomic mass is 32.2. The van der Waals surface area contributed by atoms with E-state index in [0.717, 1.165) is 25.9 Å². The third kappa shape index (κ3) is 5.60. The van der Waals surface area contributed by atoms with E-state index in [2.05, 4.69) is 22.3 Å². The van der Waals surface area contributed by atoms with E-state index >= 15 is 0 Å². The van der Waals surface area contributed by atoms with E-state index in [1.54, 1.807) is 18.2 Å². The van der Waals surface area contributed by atoms with E-state index in [1.165, 1.54) is 12.1 Å². The fourth-order valence-electron chi connectivity index (χ4n) is 2.59. The van der Waals surface area contributed by atoms with Gasteiger partial charge in [0.2, 0.25) is 15.9 Å². The third-order valence-corrected chi connectivity index (χ3v) is 5.70. The lowest BCUT2D eigenvalue weighted by atomic mass is 9.81. The number of nitrogens with one attached hydrogen (secondary N) is 3. The van der Waals surface area contributed by atoms with Gasteiger partial charge in [0, 0.05) is 19.5 Å². The fraction of sp³-hybridized carbons (Fsp3) is 0.562. The van der Waals surface area contributed by atoms with Crippen LogP contribution in [-0.4, -0.2) is 40.5 Å². The molecule has 0 atom stereocenters. The third-order valence-electron chi connectivity index (χ3n) is 4.22. The van der Waals surface area contributed by atoms with Gasteiger partial charge in [0.05, 0.1) is 4.90 Å². The van der Waals surface area contributed by atoms with E-state index in [-0.39, 0.29) is 29.2 Å². The Bertz CT molecular complexity index is 611. The lowest BCUT2D eigenvalue weighted by molar-refractivity contribution is -0.121. The summed E-state index contributed by atoms with van der Waals surface area (Å²) >= 11 is 0. The van der Waals surface area contributed by atoms with Crippen LogP contribution >= 0.6 is 0 Å². The minimum Gasteiger partial charge on any atom is -0.356 e. The van der Waals surface area contributed by atoms with E-state index in [1.807, 2.05) is 0 Å². The average Bonchev–Trinajstić information content (AvgIpc) is 2.54. The molecule has 0 radical (unpaired) electrons. The molecule has 0 bridgehead atoms. The average molecular weight is 339 g/mol. The molecular formula is C16H25N3O3S. The summed E-state index contributed by atoms with van der Waals surface area (Å²) in [6, 6.07) is 8.15. The molecule has 1 fully saturated rings. The van der Waals surface area contributed by atoms with Crippen molar-refractivity contribution >= 4 is 15.9 Å². The van der Waals surface area contributed by atoms with Crippen molar-refractivity contribution in [1.29, 1.82) is 0 Å². The van der Waals surface area contributed by atoms with Crippen LogP contribution < -0.4 is 15.4 Å². The first kappa shape index (κ1) is 17.9. The van der Waals surface area contributed by atoms with Crippen LogP contribution in [-0.2, 0) is 14.8 Å². The molecule has 0 aliphatic carbocycles. The van der Waals surface area contributed by atoms with Crippen molar-refractivity contribution in [2.24, 2.45) is 5.41 Å². The molecule has 1 aromatic carbocycles. The highest BCUT2D eigenvalue weighted by Gasteiger charge is 2.26. The van der Waals surface area contributed by atoms with Crippen molar-refractivity contribution in [3.8, 4) is 0 Å². The Labute approximate surface area is 138 Å². The van der Waals surface area contributed by atoms with Gasteiger partial charge in [-0.1, -0.05) is 25.1 Å². The zero-order valence-electron chi connectivity index (χ0n) is 13.5. The van der Waals surface area contributed by atoms with Crippen LogP contribution in [0.2, 0.25) is 0 Å². The molecular weight excluding hydrogens is 314 g/mol. The molecule has 1 aliphatic heterocycles. The predicted octanol–water partition coefficient (Wildman–Crippen LogP) is 0.861. The maximum atomic E-state index is 12.0. The lowest BCUT2D eigenvalue weighted by Gasteiger charge is -2.34. The summed E-state index contributed by atoms with van der Waals surface area (Å²) in [4.78, 5) is 12.1. The number of sulfonamides is 1. The number of hydrogen-bond donors (Lipinski definition) is 3. The molecule has 1 aromatic rings. The number of carbonyl (C=O) groups is 1. The highest BCUT2D eigenvalue weighted by molar-refractivity contribution is 7.89. The first-order valence-electron chi connectivity index (χ1n) is 7.93. The van der Waals surface area contributed by atoms with Gasteiger partial charge in [0.1, 0.15) is 0 Å². The Hall–Kier alpha value is -1.44. The van der Waals surface area contributed by atoms with Crippen LogP contribution in [0.4, 0.5) is 0 Å². The topological polar surface area (TPSA) is 87.3 Å². The van der Waals surface area contributed by atoms with Crippen LogP contribution in [0.5, 0.6) is 0 Å². The van der Waals surface area contributed by atoms with Crippen molar-refractivity contribution in [3.63, 3.8) is 0 Å². The number of hydrogen-bond acceptors (Lipinski definition) is 4. The van der Waals surface area contributed by atoms with Crippen LogP contribution in [0.25, 0.3) is 0 Å². The molecule has 1 saturated heterocycles. The van der Waals surface area contributed by atoms with Crippen molar-refractivity contribution in [2.45, 2.75) is 31.1 Å². The molecule has 0 unspecified atom stereocenters. The molecule has 2 rings (SSSR count). The van der Waals surface area contributed by atoms with Gasteiger partial charge in [-0.25, -0.2) is 13.1 Å². The molecule has 1 aliphatic rings. The van der Waals surface area contributed by atoms with E-state index in [9.17, 15) is 13.2 Å². The number of amides is 1. The summed E-state index contributed by atoms with van der Waals surface area (Å²) in [5.41, 5.74) is 0.129. The van der Waals surface area contributed by atoms with Gasteiger partial charge in [-0.15, -0.1) is 0 Å². The molecule has 1 heterocycles. The highest BCUT2D eigenvalue weighted by Crippen LogP contribution is 2.26. The lowest BCUT2D eigenvalue weighted by Crippen LogP contribution is -2.43. The summed E-state index contributed by atoms with van der Waals surface area (Å²) in [5, 5.41) is 6.22. The summed E-state index contributed by atoms with van der Waals surface area (Å²) in [7, 11) is -3.54. The van der Waals surface area contributed by atoms with Crippen molar-refractivity contribution < 1.29 is 13.2 Å². The first-order chi connectivity index (χ1) is 10.9. The first-order valence-corrected chi connectivity index (χ1v) is 9.42. The maximum Gasteiger partial charge on any atom is 0.240 e. The molecule has 6 nitrogen and oxygen atoms in total. The Morgan fingerprint density at radius 2 is 1.87 bits per heavy atom. The molecule has 3 N–H and O–H groups in total. The summed E-state index contributed by atoms with van der Waals surface area (Å²) < 4.78 is 26.5. The Morgan fingerprint density at radius 1 is 1.22 bits per heavy atom. The second kappa shape index (κ2) is 7.90. The van der Waals surface area contributed by atoms with E-state index in [4.69, 9.17) is 0 Å². The fourth-order valence-corrected chi connectivity index (χ4v) is 3.64. The predicted molar refractivity (Wildman–Crippen MR) is 89.5 cm³/mol. The summed E-state index contributed by atoms with van der Waals surface area (Å²) in [6.45, 7) is 4.86. The van der Waals surface area contributed by atoms with Crippen LogP contribution in [0, 0.1) is 5.41 Å². The number of rotatable bonds is 7. The van der Waals surface area contributed by atoms with Crippen LogP contribution in [0.15, 0.2) is 35.2 Å². The molecule has 23 heavy (non-hydrogen) atoms. The summed E-state index contributed by atoms with van der Waals surface area (Å²) in [5.74, 6) is -0.125. The van der Waals surface area contributed by atoms with E-state index in [0.29, 0.717) is 6.54 Å². The van der Waals surface area contributed by atoms with Crippen molar-refractivity contribution in [1.82, 2.24) is 15.4 Å². The molecule has 0 spiro atoms. The maximum absolute atomic E-state index is 12.0. The Morgan fingerprint density at radius 3 is 2.52 bits per heavy atom. The number of carbonyl (C=O) groups excluding carboxylic acids is 1. The van der Waals surface area contributed by atoms with Gasteiger partial charge in [-0.05, 0) is 43.5 Å². The van der Waals surface area contributed by atoms with Crippen LogP contribution in [0.3, 0.4) is 0 Å². The van der Waals surface area contributed by atoms with Gasteiger partial charge in [0.15, 0.2) is 0 Å². The molecule has 1 amide bonds.